The average molecular weight is 259 g/mol. The van der Waals surface area contributed by atoms with Gasteiger partial charge in [-0.2, -0.15) is 5.10 Å². The number of hydrogen-bond acceptors (Lipinski definition) is 4. The van der Waals surface area contributed by atoms with Gasteiger partial charge < -0.3 is 10.6 Å². The largest absolute Gasteiger partial charge is 0.383 e. The molecule has 0 aliphatic rings. The smallest absolute Gasteiger partial charge is 0.259 e. The first kappa shape index (κ1) is 13.1. The number of nitrogen functional groups attached to an aromatic ring is 1. The third-order valence-electron chi connectivity index (χ3n) is 2.99. The van der Waals surface area contributed by atoms with Gasteiger partial charge in [0.15, 0.2) is 0 Å². The Morgan fingerprint density at radius 2 is 2.16 bits per heavy atom. The van der Waals surface area contributed by atoms with Gasteiger partial charge >= 0.3 is 0 Å². The van der Waals surface area contributed by atoms with Crippen LogP contribution >= 0.6 is 0 Å². The van der Waals surface area contributed by atoms with E-state index in [1.54, 1.807) is 17.3 Å². The lowest BCUT2D eigenvalue weighted by Crippen LogP contribution is -2.33. The minimum atomic E-state index is -0.0946. The Kier molecular flexibility index (Phi) is 4.12. The van der Waals surface area contributed by atoms with Crippen molar-refractivity contribution in [3.63, 3.8) is 0 Å². The Balaban J connectivity index is 2.01. The summed E-state index contributed by atoms with van der Waals surface area (Å²) < 4.78 is 0. The zero-order valence-electron chi connectivity index (χ0n) is 10.8. The van der Waals surface area contributed by atoms with Crippen molar-refractivity contribution in [1.29, 1.82) is 0 Å². The van der Waals surface area contributed by atoms with Gasteiger partial charge in [0.25, 0.3) is 5.91 Å². The van der Waals surface area contributed by atoms with Crippen molar-refractivity contribution in [2.24, 2.45) is 0 Å². The number of aromatic nitrogens is 3. The standard InChI is InChI=1S/C13H17N5O/c1-2-18(8-5-10-3-6-15-7-4-10)13(19)11-9-16-17-12(11)14/h3-4,6-7,9H,2,5,8H2,1H3,(H3,14,16,17). The molecule has 0 saturated carbocycles. The van der Waals surface area contributed by atoms with Gasteiger partial charge in [0.05, 0.1) is 6.20 Å². The lowest BCUT2D eigenvalue weighted by molar-refractivity contribution is 0.0767. The van der Waals surface area contributed by atoms with Crippen LogP contribution in [-0.2, 0) is 6.42 Å². The molecule has 0 aromatic carbocycles. The average Bonchev–Trinajstić information content (AvgIpc) is 2.86. The number of carbonyl (C=O) groups is 1. The van der Waals surface area contributed by atoms with Crippen molar-refractivity contribution >= 4 is 11.7 Å². The molecule has 0 fully saturated rings. The van der Waals surface area contributed by atoms with E-state index in [-0.39, 0.29) is 5.91 Å². The minimum absolute atomic E-state index is 0.0946. The van der Waals surface area contributed by atoms with Crippen LogP contribution in [0.15, 0.2) is 30.7 Å². The second kappa shape index (κ2) is 5.99. The van der Waals surface area contributed by atoms with Gasteiger partial charge in [-0.3, -0.25) is 14.9 Å². The Morgan fingerprint density at radius 3 is 2.74 bits per heavy atom. The molecule has 2 aromatic heterocycles. The van der Waals surface area contributed by atoms with Crippen LogP contribution < -0.4 is 5.73 Å². The summed E-state index contributed by atoms with van der Waals surface area (Å²) in [6.45, 7) is 3.22. The van der Waals surface area contributed by atoms with E-state index in [0.29, 0.717) is 24.5 Å². The SMILES string of the molecule is CCN(CCc1ccncc1)C(=O)c1cn[nH]c1N. The van der Waals surface area contributed by atoms with Crippen LogP contribution in [0.3, 0.4) is 0 Å². The Bertz CT molecular complexity index is 537. The fourth-order valence-electron chi connectivity index (χ4n) is 1.85. The second-order valence-corrected chi connectivity index (χ2v) is 4.19. The highest BCUT2D eigenvalue weighted by Crippen LogP contribution is 2.11. The van der Waals surface area contributed by atoms with Crippen LogP contribution in [0, 0.1) is 0 Å². The number of hydrogen-bond donors (Lipinski definition) is 2. The molecule has 2 rings (SSSR count). The van der Waals surface area contributed by atoms with Gasteiger partial charge in [-0.25, -0.2) is 0 Å². The summed E-state index contributed by atoms with van der Waals surface area (Å²) in [6.07, 6.45) is 5.76. The third-order valence-corrected chi connectivity index (χ3v) is 2.99. The van der Waals surface area contributed by atoms with Crippen LogP contribution in [0.5, 0.6) is 0 Å². The number of anilines is 1. The van der Waals surface area contributed by atoms with Gasteiger partial charge in [0.2, 0.25) is 0 Å². The maximum atomic E-state index is 12.3. The molecule has 6 heteroatoms. The number of rotatable bonds is 5. The number of aromatic amines is 1. The van der Waals surface area contributed by atoms with Crippen molar-refractivity contribution in [2.45, 2.75) is 13.3 Å². The molecule has 0 unspecified atom stereocenters. The molecule has 1 amide bonds. The fraction of sp³-hybridized carbons (Fsp3) is 0.308. The number of carbonyl (C=O) groups excluding carboxylic acids is 1. The topological polar surface area (TPSA) is 87.9 Å². The van der Waals surface area contributed by atoms with Crippen molar-refractivity contribution < 1.29 is 4.79 Å². The van der Waals surface area contributed by atoms with E-state index in [4.69, 9.17) is 5.73 Å². The van der Waals surface area contributed by atoms with Crippen molar-refractivity contribution in [2.75, 3.05) is 18.8 Å². The molecule has 3 N–H and O–H groups in total. The van der Waals surface area contributed by atoms with Crippen LogP contribution in [0.25, 0.3) is 0 Å². The number of nitrogens with zero attached hydrogens (tertiary/aromatic N) is 3. The first-order valence-corrected chi connectivity index (χ1v) is 6.19. The summed E-state index contributed by atoms with van der Waals surface area (Å²) in [6, 6.07) is 3.90. The van der Waals surface area contributed by atoms with Crippen molar-refractivity contribution in [3.8, 4) is 0 Å². The van der Waals surface area contributed by atoms with Crippen molar-refractivity contribution in [3.05, 3.63) is 41.9 Å². The van der Waals surface area contributed by atoms with Crippen molar-refractivity contribution in [1.82, 2.24) is 20.1 Å². The molecule has 0 aliphatic carbocycles. The third kappa shape index (κ3) is 3.09. The molecule has 2 aromatic rings. The predicted octanol–water partition coefficient (Wildman–Crippen LogP) is 1.09. The minimum Gasteiger partial charge on any atom is -0.383 e. The van der Waals surface area contributed by atoms with Gasteiger partial charge in [0.1, 0.15) is 11.4 Å². The Labute approximate surface area is 111 Å². The number of amides is 1. The summed E-state index contributed by atoms with van der Waals surface area (Å²) >= 11 is 0. The van der Waals surface area contributed by atoms with E-state index < -0.39 is 0 Å². The molecular formula is C13H17N5O. The first-order chi connectivity index (χ1) is 9.22. The summed E-state index contributed by atoms with van der Waals surface area (Å²) in [5.41, 5.74) is 7.25. The van der Waals surface area contributed by atoms with Gasteiger partial charge in [-0.1, -0.05) is 0 Å². The van der Waals surface area contributed by atoms with Crippen LogP contribution in [-0.4, -0.2) is 39.1 Å². The van der Waals surface area contributed by atoms with Crippen LogP contribution in [0.1, 0.15) is 22.8 Å². The number of nitrogens with two attached hydrogens (primary N) is 1. The number of H-pyrrole nitrogens is 1. The zero-order valence-corrected chi connectivity index (χ0v) is 10.8. The number of pyridine rings is 1. The normalized spacial score (nSPS) is 10.4. The maximum absolute atomic E-state index is 12.3. The van der Waals surface area contributed by atoms with Gasteiger partial charge in [0, 0.05) is 25.5 Å². The highest BCUT2D eigenvalue weighted by molar-refractivity contribution is 5.98. The molecule has 0 atom stereocenters. The number of likely N-dealkylation sites (N-methyl/N-ethyl adjacent to an activating group) is 1. The maximum Gasteiger partial charge on any atom is 0.259 e. The molecule has 0 radical (unpaired) electrons. The van der Waals surface area contributed by atoms with E-state index in [2.05, 4.69) is 15.2 Å². The van der Waals surface area contributed by atoms with Crippen LogP contribution in [0.2, 0.25) is 0 Å². The lowest BCUT2D eigenvalue weighted by Gasteiger charge is -2.20. The molecule has 0 spiro atoms. The molecule has 100 valence electrons. The quantitative estimate of drug-likeness (QED) is 0.841. The summed E-state index contributed by atoms with van der Waals surface area (Å²) in [7, 11) is 0. The van der Waals surface area contributed by atoms with E-state index >= 15 is 0 Å². The molecule has 0 saturated heterocycles. The van der Waals surface area contributed by atoms with E-state index in [9.17, 15) is 4.79 Å². The zero-order chi connectivity index (χ0) is 13.7. The highest BCUT2D eigenvalue weighted by Gasteiger charge is 2.17. The first-order valence-electron chi connectivity index (χ1n) is 6.19. The number of nitrogens with one attached hydrogen (secondary N) is 1. The molecular weight excluding hydrogens is 242 g/mol. The summed E-state index contributed by atoms with van der Waals surface area (Å²) in [5, 5.41) is 6.35. The Morgan fingerprint density at radius 1 is 1.42 bits per heavy atom. The molecule has 0 aliphatic heterocycles. The molecule has 2 heterocycles. The summed E-state index contributed by atoms with van der Waals surface area (Å²) in [4.78, 5) is 18.0. The highest BCUT2D eigenvalue weighted by atomic mass is 16.2. The van der Waals surface area contributed by atoms with Gasteiger partial charge in [-0.05, 0) is 31.0 Å². The molecule has 0 bridgehead atoms. The van der Waals surface area contributed by atoms with Crippen LogP contribution in [0.4, 0.5) is 5.82 Å². The lowest BCUT2D eigenvalue weighted by atomic mass is 10.2. The Hall–Kier alpha value is -2.37. The van der Waals surface area contributed by atoms with E-state index in [1.165, 1.54) is 6.20 Å². The second-order valence-electron chi connectivity index (χ2n) is 4.19. The van der Waals surface area contributed by atoms with Gasteiger partial charge in [-0.15, -0.1) is 0 Å². The molecule has 19 heavy (non-hydrogen) atoms. The summed E-state index contributed by atoms with van der Waals surface area (Å²) in [5.74, 6) is 0.218. The van der Waals surface area contributed by atoms with E-state index in [1.807, 2.05) is 19.1 Å². The molecule has 6 nitrogen and oxygen atoms in total. The monoisotopic (exact) mass is 259 g/mol. The van der Waals surface area contributed by atoms with E-state index in [0.717, 1.165) is 12.0 Å². The fourth-order valence-corrected chi connectivity index (χ4v) is 1.85. The predicted molar refractivity (Wildman–Crippen MR) is 72.5 cm³/mol.